The topological polar surface area (TPSA) is 24.5 Å². The molecule has 0 spiro atoms. The number of nitrogens with zero attached hydrogens (tertiary/aromatic N) is 1. The van der Waals surface area contributed by atoms with E-state index in [-0.39, 0.29) is 30.9 Å². The highest BCUT2D eigenvalue weighted by Gasteiger charge is 2.34. The summed E-state index contributed by atoms with van der Waals surface area (Å²) >= 11 is 0. The molecule has 146 valence electrons. The van der Waals surface area contributed by atoms with Gasteiger partial charge in [0.1, 0.15) is 5.75 Å². The van der Waals surface area contributed by atoms with E-state index in [2.05, 4.69) is 24.1 Å². The minimum absolute atomic E-state index is 0. The lowest BCUT2D eigenvalue weighted by Crippen LogP contribution is -2.46. The normalized spacial score (nSPS) is 17.8. The van der Waals surface area contributed by atoms with Crippen LogP contribution in [0.15, 0.2) is 18.2 Å². The predicted octanol–water partition coefficient (Wildman–Crippen LogP) is 4.55. The molecule has 0 bridgehead atoms. The Morgan fingerprint density at radius 2 is 1.80 bits per heavy atom. The third-order valence-corrected chi connectivity index (χ3v) is 4.61. The lowest BCUT2D eigenvalue weighted by Gasteiger charge is -2.39. The van der Waals surface area contributed by atoms with Crippen molar-refractivity contribution in [2.75, 3.05) is 33.3 Å². The first-order valence-corrected chi connectivity index (χ1v) is 8.08. The molecular formula is C17H27Cl2F3N2O. The Kier molecular flexibility index (Phi) is 10.2. The fourth-order valence-corrected chi connectivity index (χ4v) is 3.18. The molecule has 1 aliphatic rings. The summed E-state index contributed by atoms with van der Waals surface area (Å²) in [5.41, 5.74) is 0.179. The third kappa shape index (κ3) is 5.91. The third-order valence-electron chi connectivity index (χ3n) is 4.61. The fourth-order valence-electron chi connectivity index (χ4n) is 3.18. The van der Waals surface area contributed by atoms with Crippen LogP contribution in [0.1, 0.15) is 37.4 Å². The monoisotopic (exact) mass is 402 g/mol. The average molecular weight is 403 g/mol. The van der Waals surface area contributed by atoms with Crippen LogP contribution < -0.4 is 10.1 Å². The van der Waals surface area contributed by atoms with E-state index in [1.807, 2.05) is 0 Å². The number of alkyl halides is 3. The number of benzene rings is 1. The number of halogens is 5. The van der Waals surface area contributed by atoms with Crippen LogP contribution in [0.4, 0.5) is 13.2 Å². The fraction of sp³-hybridized carbons (Fsp3) is 0.647. The molecule has 0 radical (unpaired) electrons. The highest BCUT2D eigenvalue weighted by Crippen LogP contribution is 2.39. The van der Waals surface area contributed by atoms with Gasteiger partial charge in [-0.3, -0.25) is 4.90 Å². The van der Waals surface area contributed by atoms with E-state index >= 15 is 0 Å². The minimum Gasteiger partial charge on any atom is -0.496 e. The van der Waals surface area contributed by atoms with Crippen LogP contribution in [-0.2, 0) is 6.18 Å². The second-order valence-electron chi connectivity index (χ2n) is 6.07. The van der Waals surface area contributed by atoms with Crippen LogP contribution >= 0.6 is 24.8 Å². The maximum Gasteiger partial charge on any atom is 0.416 e. The number of hydrogen-bond donors (Lipinski definition) is 1. The highest BCUT2D eigenvalue weighted by molar-refractivity contribution is 5.85. The van der Waals surface area contributed by atoms with E-state index in [4.69, 9.17) is 4.74 Å². The van der Waals surface area contributed by atoms with E-state index in [0.717, 1.165) is 50.3 Å². The minimum atomic E-state index is -4.35. The van der Waals surface area contributed by atoms with E-state index in [9.17, 15) is 13.2 Å². The van der Waals surface area contributed by atoms with Crippen LogP contribution in [-0.4, -0.2) is 38.2 Å². The van der Waals surface area contributed by atoms with Crippen LogP contribution in [0.3, 0.4) is 0 Å². The van der Waals surface area contributed by atoms with Gasteiger partial charge in [-0.2, -0.15) is 13.2 Å². The van der Waals surface area contributed by atoms with Crippen molar-refractivity contribution in [3.05, 3.63) is 29.3 Å². The lowest BCUT2D eigenvalue weighted by atomic mass is 9.89. The number of hydrogen-bond acceptors (Lipinski definition) is 3. The van der Waals surface area contributed by atoms with Crippen molar-refractivity contribution in [1.29, 1.82) is 0 Å². The van der Waals surface area contributed by atoms with Gasteiger partial charge in [0.25, 0.3) is 0 Å². The average Bonchev–Trinajstić information content (AvgIpc) is 2.55. The number of rotatable bonds is 5. The standard InChI is InChI=1S/C17H25F3N2O.2ClH/c1-4-12(2)16(22-9-7-21-8-10-22)14-6-5-13(17(18,19)20)11-15(14)23-3;;/h5-6,11-12,16,21H,4,7-10H2,1-3H3;2*1H/t12?,16-;;/m1../s1. The summed E-state index contributed by atoms with van der Waals surface area (Å²) in [7, 11) is 1.43. The first-order valence-electron chi connectivity index (χ1n) is 8.08. The van der Waals surface area contributed by atoms with Gasteiger partial charge in [0, 0.05) is 37.8 Å². The maximum atomic E-state index is 12.9. The Balaban J connectivity index is 0.00000288. The molecule has 1 fully saturated rings. The zero-order chi connectivity index (χ0) is 17.0. The molecule has 3 nitrogen and oxygen atoms in total. The molecule has 0 aliphatic carbocycles. The molecule has 0 amide bonds. The van der Waals surface area contributed by atoms with Gasteiger partial charge in [-0.15, -0.1) is 24.8 Å². The Morgan fingerprint density at radius 1 is 1.20 bits per heavy atom. The van der Waals surface area contributed by atoms with E-state index in [1.54, 1.807) is 6.07 Å². The quantitative estimate of drug-likeness (QED) is 0.781. The predicted molar refractivity (Wildman–Crippen MR) is 99.1 cm³/mol. The molecule has 2 rings (SSSR count). The van der Waals surface area contributed by atoms with Crippen LogP contribution in [0.2, 0.25) is 0 Å². The lowest BCUT2D eigenvalue weighted by molar-refractivity contribution is -0.137. The summed E-state index contributed by atoms with van der Waals surface area (Å²) in [6.45, 7) is 7.82. The summed E-state index contributed by atoms with van der Waals surface area (Å²) in [5.74, 6) is 0.655. The van der Waals surface area contributed by atoms with Gasteiger partial charge < -0.3 is 10.1 Å². The molecule has 25 heavy (non-hydrogen) atoms. The molecule has 2 atom stereocenters. The van der Waals surface area contributed by atoms with Gasteiger partial charge in [0.15, 0.2) is 0 Å². The summed E-state index contributed by atoms with van der Waals surface area (Å²) < 4.78 is 44.1. The molecule has 1 N–H and O–H groups in total. The number of nitrogens with one attached hydrogen (secondary N) is 1. The molecule has 1 unspecified atom stereocenters. The van der Waals surface area contributed by atoms with Crippen LogP contribution in [0, 0.1) is 5.92 Å². The van der Waals surface area contributed by atoms with Gasteiger partial charge in [-0.05, 0) is 18.1 Å². The summed E-state index contributed by atoms with van der Waals surface area (Å²) in [4.78, 5) is 2.34. The molecule has 1 aliphatic heterocycles. The van der Waals surface area contributed by atoms with Crippen molar-refractivity contribution >= 4 is 24.8 Å². The Bertz CT molecular complexity index is 523. The SMILES string of the molecule is CCC(C)[C@H](c1ccc(C(F)(F)F)cc1OC)N1CCNCC1.Cl.Cl. The van der Waals surface area contributed by atoms with Gasteiger partial charge in [0.2, 0.25) is 0 Å². The van der Waals surface area contributed by atoms with Crippen LogP contribution in [0.5, 0.6) is 5.75 Å². The number of methoxy groups -OCH3 is 1. The van der Waals surface area contributed by atoms with Crippen molar-refractivity contribution in [3.63, 3.8) is 0 Å². The summed E-state index contributed by atoms with van der Waals surface area (Å²) in [5, 5.41) is 3.31. The Hall–Kier alpha value is -0.690. The number of ether oxygens (including phenoxy) is 1. The second-order valence-corrected chi connectivity index (χ2v) is 6.07. The smallest absolute Gasteiger partial charge is 0.416 e. The van der Waals surface area contributed by atoms with Gasteiger partial charge >= 0.3 is 6.18 Å². The summed E-state index contributed by atoms with van der Waals surface area (Å²) in [6.07, 6.45) is -3.40. The maximum absolute atomic E-state index is 12.9. The molecule has 1 saturated heterocycles. The van der Waals surface area contributed by atoms with Gasteiger partial charge in [0.05, 0.1) is 12.7 Å². The first kappa shape index (κ1) is 24.3. The summed E-state index contributed by atoms with van der Waals surface area (Å²) in [6, 6.07) is 3.93. The first-order chi connectivity index (χ1) is 10.9. The molecule has 8 heteroatoms. The Labute approximate surface area is 160 Å². The highest BCUT2D eigenvalue weighted by atomic mass is 35.5. The molecule has 1 aromatic rings. The zero-order valence-corrected chi connectivity index (χ0v) is 16.4. The van der Waals surface area contributed by atoms with Crippen molar-refractivity contribution in [1.82, 2.24) is 10.2 Å². The van der Waals surface area contributed by atoms with Crippen molar-refractivity contribution in [2.24, 2.45) is 5.92 Å². The number of piperazine rings is 1. The zero-order valence-electron chi connectivity index (χ0n) is 14.7. The van der Waals surface area contributed by atoms with Crippen molar-refractivity contribution in [3.8, 4) is 5.75 Å². The van der Waals surface area contributed by atoms with Crippen molar-refractivity contribution in [2.45, 2.75) is 32.5 Å². The van der Waals surface area contributed by atoms with E-state index < -0.39 is 11.7 Å². The van der Waals surface area contributed by atoms with Crippen LogP contribution in [0.25, 0.3) is 0 Å². The second kappa shape index (κ2) is 10.5. The molecular weight excluding hydrogens is 376 g/mol. The van der Waals surface area contributed by atoms with E-state index in [0.29, 0.717) is 11.7 Å². The van der Waals surface area contributed by atoms with Crippen molar-refractivity contribution < 1.29 is 17.9 Å². The van der Waals surface area contributed by atoms with E-state index in [1.165, 1.54) is 7.11 Å². The van der Waals surface area contributed by atoms with Gasteiger partial charge in [-0.1, -0.05) is 26.3 Å². The molecule has 1 aromatic carbocycles. The molecule has 1 heterocycles. The largest absolute Gasteiger partial charge is 0.496 e. The molecule has 0 saturated carbocycles. The Morgan fingerprint density at radius 3 is 2.28 bits per heavy atom. The molecule has 0 aromatic heterocycles. The van der Waals surface area contributed by atoms with Gasteiger partial charge in [-0.25, -0.2) is 0 Å².